The fraction of sp³-hybridized carbons (Fsp3) is 0.385. The van der Waals surface area contributed by atoms with Gasteiger partial charge in [0.15, 0.2) is 0 Å². The van der Waals surface area contributed by atoms with Crippen LogP contribution in [0.5, 0.6) is 0 Å². The Morgan fingerprint density at radius 3 is 2.24 bits per heavy atom. The van der Waals surface area contributed by atoms with Crippen LogP contribution in [0, 0.1) is 5.92 Å². The van der Waals surface area contributed by atoms with Crippen molar-refractivity contribution >= 4 is 23.6 Å². The first-order valence-corrected chi connectivity index (χ1v) is 11.5. The Kier molecular flexibility index (Phi) is 6.58. The van der Waals surface area contributed by atoms with Gasteiger partial charge in [-0.2, -0.15) is 0 Å². The average Bonchev–Trinajstić information content (AvgIpc) is 2.97. The van der Waals surface area contributed by atoms with E-state index in [0.29, 0.717) is 62.3 Å². The molecule has 0 N–H and O–H groups in total. The number of hydrogen-bond acceptors (Lipinski definition) is 4. The standard InChI is InChI=1S/C26H29N3O4/c1-18(2)17-29-25(32)21-10-9-20(16-22(21)26(29)33)24(31)28-12-6-11-27(13-14-28)23(30)15-19-7-4-3-5-8-19/h3-5,7-10,16,18H,6,11-15,17H2,1-2H3. The second-order valence-corrected chi connectivity index (χ2v) is 9.06. The molecule has 0 bridgehead atoms. The zero-order chi connectivity index (χ0) is 23.5. The largest absolute Gasteiger partial charge is 0.341 e. The van der Waals surface area contributed by atoms with Crippen LogP contribution in [0.3, 0.4) is 0 Å². The van der Waals surface area contributed by atoms with Crippen LogP contribution in [0.1, 0.15) is 56.9 Å². The Hall–Kier alpha value is -3.48. The number of imide groups is 1. The quantitative estimate of drug-likeness (QED) is 0.661. The SMILES string of the molecule is CC(C)CN1C(=O)c2ccc(C(=O)N3CCCN(C(=O)Cc4ccccc4)CC3)cc2C1=O. The number of carbonyl (C=O) groups is 4. The van der Waals surface area contributed by atoms with Crippen LogP contribution in [0.15, 0.2) is 48.5 Å². The van der Waals surface area contributed by atoms with Crippen molar-refractivity contribution in [2.45, 2.75) is 26.7 Å². The van der Waals surface area contributed by atoms with Crippen LogP contribution >= 0.6 is 0 Å². The van der Waals surface area contributed by atoms with Crippen LogP contribution in [0.25, 0.3) is 0 Å². The molecule has 2 aromatic carbocycles. The summed E-state index contributed by atoms with van der Waals surface area (Å²) in [6.07, 6.45) is 1.04. The molecule has 4 rings (SSSR count). The molecule has 0 aliphatic carbocycles. The molecule has 7 nitrogen and oxygen atoms in total. The smallest absolute Gasteiger partial charge is 0.261 e. The fourth-order valence-electron chi connectivity index (χ4n) is 4.39. The molecular formula is C26H29N3O4. The van der Waals surface area contributed by atoms with Crippen LogP contribution in [-0.4, -0.2) is 71.1 Å². The molecule has 0 unspecified atom stereocenters. The predicted molar refractivity (Wildman–Crippen MR) is 124 cm³/mol. The number of amides is 4. The first kappa shape index (κ1) is 22.7. The molecule has 33 heavy (non-hydrogen) atoms. The van der Waals surface area contributed by atoms with Crippen molar-refractivity contribution in [3.8, 4) is 0 Å². The topological polar surface area (TPSA) is 78.0 Å². The normalized spacial score (nSPS) is 16.3. The van der Waals surface area contributed by atoms with Crippen LogP contribution in [0.2, 0.25) is 0 Å². The summed E-state index contributed by atoms with van der Waals surface area (Å²) in [5.74, 6) is -0.602. The molecule has 4 amide bonds. The number of rotatable bonds is 5. The van der Waals surface area contributed by atoms with Crippen LogP contribution < -0.4 is 0 Å². The summed E-state index contributed by atoms with van der Waals surface area (Å²) in [7, 11) is 0. The monoisotopic (exact) mass is 447 g/mol. The Balaban J connectivity index is 1.42. The minimum atomic E-state index is -0.341. The van der Waals surface area contributed by atoms with Gasteiger partial charge in [0.2, 0.25) is 5.91 Å². The van der Waals surface area contributed by atoms with E-state index in [1.807, 2.05) is 49.1 Å². The van der Waals surface area contributed by atoms with Crippen LogP contribution in [-0.2, 0) is 11.2 Å². The van der Waals surface area contributed by atoms with Gasteiger partial charge in [0.25, 0.3) is 17.7 Å². The van der Waals surface area contributed by atoms with Gasteiger partial charge in [-0.1, -0.05) is 44.2 Å². The van der Waals surface area contributed by atoms with Gasteiger partial charge in [-0.3, -0.25) is 24.1 Å². The predicted octanol–water partition coefficient (Wildman–Crippen LogP) is 2.86. The second kappa shape index (κ2) is 9.57. The summed E-state index contributed by atoms with van der Waals surface area (Å²) < 4.78 is 0. The van der Waals surface area contributed by atoms with E-state index in [0.717, 1.165) is 5.56 Å². The van der Waals surface area contributed by atoms with Crippen molar-refractivity contribution in [1.82, 2.24) is 14.7 Å². The lowest BCUT2D eigenvalue weighted by Gasteiger charge is -2.22. The lowest BCUT2D eigenvalue weighted by atomic mass is 10.0. The van der Waals surface area contributed by atoms with Crippen molar-refractivity contribution in [3.05, 3.63) is 70.8 Å². The molecule has 0 atom stereocenters. The number of nitrogens with zero attached hydrogens (tertiary/aromatic N) is 3. The van der Waals surface area contributed by atoms with E-state index in [-0.39, 0.29) is 29.5 Å². The summed E-state index contributed by atoms with van der Waals surface area (Å²) in [5, 5.41) is 0. The maximum atomic E-state index is 13.2. The highest BCUT2D eigenvalue weighted by Crippen LogP contribution is 2.25. The van der Waals surface area contributed by atoms with E-state index in [1.165, 1.54) is 4.90 Å². The highest BCUT2D eigenvalue weighted by Gasteiger charge is 2.36. The highest BCUT2D eigenvalue weighted by molar-refractivity contribution is 6.22. The van der Waals surface area contributed by atoms with Crippen molar-refractivity contribution in [2.24, 2.45) is 5.92 Å². The maximum Gasteiger partial charge on any atom is 0.261 e. The molecule has 0 radical (unpaired) electrons. The molecule has 2 aliphatic rings. The highest BCUT2D eigenvalue weighted by atomic mass is 16.2. The Labute approximate surface area is 194 Å². The fourth-order valence-corrected chi connectivity index (χ4v) is 4.39. The van der Waals surface area contributed by atoms with E-state index in [1.54, 1.807) is 23.1 Å². The van der Waals surface area contributed by atoms with E-state index in [2.05, 4.69) is 0 Å². The van der Waals surface area contributed by atoms with Gasteiger partial charge >= 0.3 is 0 Å². The molecule has 1 saturated heterocycles. The minimum Gasteiger partial charge on any atom is -0.341 e. The number of carbonyl (C=O) groups excluding carboxylic acids is 4. The summed E-state index contributed by atoms with van der Waals surface area (Å²) in [6, 6.07) is 14.4. The number of fused-ring (bicyclic) bond motifs is 1. The average molecular weight is 448 g/mol. The second-order valence-electron chi connectivity index (χ2n) is 9.06. The van der Waals surface area contributed by atoms with Crippen LogP contribution in [0.4, 0.5) is 0 Å². The number of hydrogen-bond donors (Lipinski definition) is 0. The van der Waals surface area contributed by atoms with E-state index >= 15 is 0 Å². The Morgan fingerprint density at radius 2 is 1.52 bits per heavy atom. The molecule has 0 aromatic heterocycles. The molecule has 2 aromatic rings. The third-order valence-electron chi connectivity index (χ3n) is 6.10. The van der Waals surface area contributed by atoms with Gasteiger partial charge in [0, 0.05) is 38.3 Å². The summed E-state index contributed by atoms with van der Waals surface area (Å²) in [6.45, 7) is 6.31. The van der Waals surface area contributed by atoms with Gasteiger partial charge in [0.05, 0.1) is 17.5 Å². The van der Waals surface area contributed by atoms with E-state index in [4.69, 9.17) is 0 Å². The van der Waals surface area contributed by atoms with Crippen molar-refractivity contribution in [3.63, 3.8) is 0 Å². The number of benzene rings is 2. The van der Waals surface area contributed by atoms with Gasteiger partial charge in [-0.05, 0) is 36.1 Å². The van der Waals surface area contributed by atoms with Crippen molar-refractivity contribution < 1.29 is 19.2 Å². The van der Waals surface area contributed by atoms with Gasteiger partial charge < -0.3 is 9.80 Å². The van der Waals surface area contributed by atoms with Gasteiger partial charge in [0.1, 0.15) is 0 Å². The molecule has 2 heterocycles. The zero-order valence-corrected chi connectivity index (χ0v) is 19.1. The van der Waals surface area contributed by atoms with Crippen molar-refractivity contribution in [2.75, 3.05) is 32.7 Å². The molecule has 2 aliphatic heterocycles. The maximum absolute atomic E-state index is 13.2. The minimum absolute atomic E-state index is 0.0578. The molecule has 172 valence electrons. The lowest BCUT2D eigenvalue weighted by molar-refractivity contribution is -0.130. The molecule has 0 spiro atoms. The molecular weight excluding hydrogens is 418 g/mol. The zero-order valence-electron chi connectivity index (χ0n) is 19.1. The van der Waals surface area contributed by atoms with E-state index < -0.39 is 0 Å². The van der Waals surface area contributed by atoms with Gasteiger partial charge in [-0.25, -0.2) is 0 Å². The summed E-state index contributed by atoms with van der Waals surface area (Å²) >= 11 is 0. The third-order valence-corrected chi connectivity index (χ3v) is 6.10. The van der Waals surface area contributed by atoms with Gasteiger partial charge in [-0.15, -0.1) is 0 Å². The molecule has 1 fully saturated rings. The first-order chi connectivity index (χ1) is 15.8. The third kappa shape index (κ3) is 4.82. The van der Waals surface area contributed by atoms with Crippen molar-refractivity contribution in [1.29, 1.82) is 0 Å². The Bertz CT molecular complexity index is 1080. The summed E-state index contributed by atoms with van der Waals surface area (Å²) in [5.41, 5.74) is 2.01. The summed E-state index contributed by atoms with van der Waals surface area (Å²) in [4.78, 5) is 56.0. The molecule has 7 heteroatoms. The molecule has 0 saturated carbocycles. The Morgan fingerprint density at radius 1 is 0.848 bits per heavy atom. The van der Waals surface area contributed by atoms with E-state index in [9.17, 15) is 19.2 Å². The first-order valence-electron chi connectivity index (χ1n) is 11.5. The lowest BCUT2D eigenvalue weighted by Crippen LogP contribution is -2.38.